The Labute approximate surface area is 143 Å². The van der Waals surface area contributed by atoms with Gasteiger partial charge in [0.1, 0.15) is 0 Å². The molecule has 4 nitrogen and oxygen atoms in total. The van der Waals surface area contributed by atoms with Gasteiger partial charge in [0.15, 0.2) is 5.96 Å². The quantitative estimate of drug-likeness (QED) is 0.329. The summed E-state index contributed by atoms with van der Waals surface area (Å²) in [5.41, 5.74) is 0. The molecule has 1 atom stereocenters. The lowest BCUT2D eigenvalue weighted by molar-refractivity contribution is 0.310. The van der Waals surface area contributed by atoms with Crippen molar-refractivity contribution in [2.24, 2.45) is 4.99 Å². The maximum atomic E-state index is 5.25. The van der Waals surface area contributed by atoms with Gasteiger partial charge in [0.2, 0.25) is 0 Å². The van der Waals surface area contributed by atoms with Gasteiger partial charge in [-0.3, -0.25) is 4.99 Å². The van der Waals surface area contributed by atoms with Crippen LogP contribution in [-0.4, -0.2) is 44.6 Å². The van der Waals surface area contributed by atoms with Crippen LogP contribution < -0.4 is 10.6 Å². The highest BCUT2D eigenvalue weighted by molar-refractivity contribution is 14.0. The van der Waals surface area contributed by atoms with Gasteiger partial charge in [0.25, 0.3) is 0 Å². The van der Waals surface area contributed by atoms with Gasteiger partial charge in [-0.2, -0.15) is 0 Å². The molecule has 0 amide bonds. The molecular formula is C14H23IN4S. The van der Waals surface area contributed by atoms with Crippen LogP contribution in [0.1, 0.15) is 17.8 Å². The van der Waals surface area contributed by atoms with E-state index in [0.29, 0.717) is 19.1 Å². The van der Waals surface area contributed by atoms with Crippen molar-refractivity contribution in [1.29, 1.82) is 0 Å². The first-order valence-corrected chi connectivity index (χ1v) is 7.22. The molecule has 1 aromatic rings. The number of hydrogen-bond donors (Lipinski definition) is 2. The lowest BCUT2D eigenvalue weighted by Gasteiger charge is -2.22. The van der Waals surface area contributed by atoms with Crippen LogP contribution in [0, 0.1) is 12.3 Å². The number of rotatable bonds is 6. The number of nitrogens with one attached hydrogen (secondary N) is 2. The summed E-state index contributed by atoms with van der Waals surface area (Å²) in [6.07, 6.45) is 5.25. The van der Waals surface area contributed by atoms with E-state index in [4.69, 9.17) is 6.42 Å². The molecule has 0 aromatic carbocycles. The van der Waals surface area contributed by atoms with Gasteiger partial charge in [-0.25, -0.2) is 0 Å². The number of nitrogens with zero attached hydrogens (tertiary/aromatic N) is 2. The third-order valence-electron chi connectivity index (χ3n) is 2.62. The van der Waals surface area contributed by atoms with Crippen molar-refractivity contribution < 1.29 is 0 Å². The maximum absolute atomic E-state index is 5.25. The molecule has 0 saturated heterocycles. The summed E-state index contributed by atoms with van der Waals surface area (Å²) in [6.45, 7) is 4.04. The number of thiophene rings is 1. The first-order valence-electron chi connectivity index (χ1n) is 6.34. The Morgan fingerprint density at radius 1 is 1.50 bits per heavy atom. The Hall–Kier alpha value is -0.780. The van der Waals surface area contributed by atoms with Gasteiger partial charge in [0.05, 0.1) is 19.1 Å². The highest BCUT2D eigenvalue weighted by Gasteiger charge is 2.14. The summed E-state index contributed by atoms with van der Waals surface area (Å²) in [6, 6.07) is 4.51. The highest BCUT2D eigenvalue weighted by Crippen LogP contribution is 2.23. The molecule has 112 valence electrons. The summed E-state index contributed by atoms with van der Waals surface area (Å²) in [5, 5.41) is 8.38. The van der Waals surface area contributed by atoms with E-state index in [-0.39, 0.29) is 24.0 Å². The molecule has 1 aromatic heterocycles. The van der Waals surface area contributed by atoms with Gasteiger partial charge in [0, 0.05) is 11.4 Å². The van der Waals surface area contributed by atoms with E-state index in [9.17, 15) is 0 Å². The number of aliphatic imine (C=N–C) groups is 1. The zero-order valence-electron chi connectivity index (χ0n) is 12.2. The van der Waals surface area contributed by atoms with Crippen molar-refractivity contribution in [3.8, 4) is 12.3 Å². The van der Waals surface area contributed by atoms with Gasteiger partial charge in [-0.05, 0) is 32.5 Å². The van der Waals surface area contributed by atoms with Gasteiger partial charge < -0.3 is 15.5 Å². The predicted molar refractivity (Wildman–Crippen MR) is 99.0 cm³/mol. The van der Waals surface area contributed by atoms with Crippen LogP contribution in [0.3, 0.4) is 0 Å². The Balaban J connectivity index is 0.00000361. The third kappa shape index (κ3) is 6.59. The second-order valence-electron chi connectivity index (χ2n) is 4.27. The lowest BCUT2D eigenvalue weighted by atomic mass is 10.2. The molecule has 6 heteroatoms. The van der Waals surface area contributed by atoms with E-state index >= 15 is 0 Å². The van der Waals surface area contributed by atoms with E-state index in [1.807, 2.05) is 6.92 Å². The second kappa shape index (κ2) is 10.9. The fraction of sp³-hybridized carbons (Fsp3) is 0.500. The fourth-order valence-electron chi connectivity index (χ4n) is 1.64. The minimum Gasteiger partial charge on any atom is -0.357 e. The standard InChI is InChI=1S/C14H22N4S.HI/c1-5-9-16-14(15-6-2)17-11-12(18(3)4)13-8-7-10-19-13;/h1,7-8,10,12H,6,9,11H2,2-4H3,(H2,15,16,17);1H. The van der Waals surface area contributed by atoms with Crippen LogP contribution in [0.4, 0.5) is 0 Å². The second-order valence-corrected chi connectivity index (χ2v) is 5.25. The monoisotopic (exact) mass is 406 g/mol. The van der Waals surface area contributed by atoms with Gasteiger partial charge in [-0.1, -0.05) is 12.0 Å². The fourth-order valence-corrected chi connectivity index (χ4v) is 2.56. The Bertz CT molecular complexity index is 423. The van der Waals surface area contributed by atoms with Crippen LogP contribution in [0.2, 0.25) is 0 Å². The van der Waals surface area contributed by atoms with Crippen molar-refractivity contribution >= 4 is 41.3 Å². The summed E-state index contributed by atoms with van der Waals surface area (Å²) in [4.78, 5) is 8.09. The molecule has 0 aliphatic carbocycles. The Morgan fingerprint density at radius 3 is 2.75 bits per heavy atom. The van der Waals surface area contributed by atoms with Crippen LogP contribution in [0.15, 0.2) is 22.5 Å². The minimum absolute atomic E-state index is 0. The van der Waals surface area contributed by atoms with Crippen molar-refractivity contribution in [3.05, 3.63) is 22.4 Å². The highest BCUT2D eigenvalue weighted by atomic mass is 127. The summed E-state index contributed by atoms with van der Waals surface area (Å²) in [5.74, 6) is 3.32. The Morgan fingerprint density at radius 2 is 2.25 bits per heavy atom. The third-order valence-corrected chi connectivity index (χ3v) is 3.59. The molecule has 1 rings (SSSR count). The van der Waals surface area contributed by atoms with E-state index < -0.39 is 0 Å². The molecule has 1 heterocycles. The van der Waals surface area contributed by atoms with E-state index in [0.717, 1.165) is 12.5 Å². The number of terminal acetylenes is 1. The maximum Gasteiger partial charge on any atom is 0.192 e. The van der Waals surface area contributed by atoms with E-state index in [2.05, 4.69) is 58.1 Å². The van der Waals surface area contributed by atoms with Gasteiger partial charge in [-0.15, -0.1) is 41.7 Å². The summed E-state index contributed by atoms with van der Waals surface area (Å²) < 4.78 is 0. The molecule has 2 N–H and O–H groups in total. The number of likely N-dealkylation sites (N-methyl/N-ethyl adjacent to an activating group) is 1. The lowest BCUT2D eigenvalue weighted by Crippen LogP contribution is -2.38. The van der Waals surface area contributed by atoms with Gasteiger partial charge >= 0.3 is 0 Å². The van der Waals surface area contributed by atoms with E-state index in [1.54, 1.807) is 11.3 Å². The van der Waals surface area contributed by atoms with E-state index in [1.165, 1.54) is 4.88 Å². The minimum atomic E-state index is 0. The average molecular weight is 406 g/mol. The topological polar surface area (TPSA) is 39.7 Å². The van der Waals surface area contributed by atoms with Crippen LogP contribution in [0.5, 0.6) is 0 Å². The molecule has 0 radical (unpaired) electrons. The zero-order valence-corrected chi connectivity index (χ0v) is 15.4. The molecule has 0 saturated carbocycles. The van der Waals surface area contributed by atoms with Crippen molar-refractivity contribution in [2.45, 2.75) is 13.0 Å². The first-order chi connectivity index (χ1) is 9.19. The normalized spacial score (nSPS) is 12.4. The number of halogens is 1. The molecule has 0 aliphatic heterocycles. The summed E-state index contributed by atoms with van der Waals surface area (Å²) in [7, 11) is 4.14. The number of guanidine groups is 1. The Kier molecular flexibility index (Phi) is 10.5. The van der Waals surface area contributed by atoms with Crippen LogP contribution >= 0.6 is 35.3 Å². The summed E-state index contributed by atoms with van der Waals surface area (Å²) >= 11 is 1.76. The molecule has 1 unspecified atom stereocenters. The predicted octanol–water partition coefficient (Wildman–Crippen LogP) is 2.16. The smallest absolute Gasteiger partial charge is 0.192 e. The molecule has 0 bridgehead atoms. The zero-order chi connectivity index (χ0) is 14.1. The molecule has 20 heavy (non-hydrogen) atoms. The number of hydrogen-bond acceptors (Lipinski definition) is 3. The molecule has 0 fully saturated rings. The largest absolute Gasteiger partial charge is 0.357 e. The van der Waals surface area contributed by atoms with Crippen molar-refractivity contribution in [2.75, 3.05) is 33.7 Å². The molecule has 0 spiro atoms. The SMILES string of the molecule is C#CCNC(=NCC(c1cccs1)N(C)C)NCC.I. The first kappa shape index (κ1) is 19.2. The van der Waals surface area contributed by atoms with Crippen LogP contribution in [0.25, 0.3) is 0 Å². The van der Waals surface area contributed by atoms with Crippen molar-refractivity contribution in [3.63, 3.8) is 0 Å². The molecular weight excluding hydrogens is 383 g/mol. The average Bonchev–Trinajstić information content (AvgIpc) is 2.89. The molecule has 0 aliphatic rings. The van der Waals surface area contributed by atoms with Crippen molar-refractivity contribution in [1.82, 2.24) is 15.5 Å². The van der Waals surface area contributed by atoms with Crippen LogP contribution in [-0.2, 0) is 0 Å².